The van der Waals surface area contributed by atoms with E-state index < -0.39 is 0 Å². The minimum atomic E-state index is -0.00109. The topological polar surface area (TPSA) is 80.7 Å². The van der Waals surface area contributed by atoms with Crippen molar-refractivity contribution in [2.75, 3.05) is 26.7 Å². The van der Waals surface area contributed by atoms with Crippen molar-refractivity contribution in [3.8, 4) is 0 Å². The minimum Gasteiger partial charge on any atom is -0.370 e. The Kier molecular flexibility index (Phi) is 7.44. The number of morpholine rings is 1. The van der Waals surface area contributed by atoms with Crippen molar-refractivity contribution in [1.29, 1.82) is 0 Å². The normalized spacial score (nSPS) is 18.1. The number of hydrogen-bond donors (Lipinski definition) is 1. The van der Waals surface area contributed by atoms with Crippen LogP contribution in [0.3, 0.4) is 0 Å². The third-order valence-corrected chi connectivity index (χ3v) is 4.26. The molecule has 1 N–H and O–H groups in total. The van der Waals surface area contributed by atoms with E-state index in [-0.39, 0.29) is 30.1 Å². The summed E-state index contributed by atoms with van der Waals surface area (Å²) in [5.74, 6) is 2.00. The molecule has 2 aromatic rings. The molecule has 1 atom stereocenters. The molecule has 0 spiro atoms. The Hall–Kier alpha value is -1.62. The van der Waals surface area contributed by atoms with Gasteiger partial charge >= 0.3 is 0 Å². The highest BCUT2D eigenvalue weighted by Crippen LogP contribution is 2.21. The molecule has 0 saturated carbocycles. The number of nitrogens with zero attached hydrogens (tertiary/aromatic N) is 5. The lowest BCUT2D eigenvalue weighted by molar-refractivity contribution is -0.00808. The van der Waals surface area contributed by atoms with Gasteiger partial charge in [0.2, 0.25) is 0 Å². The molecule has 144 valence electrons. The molecule has 9 heteroatoms. The first-order valence-corrected chi connectivity index (χ1v) is 8.58. The SMILES string of the molecule is CN=C(NCc1cc(C(C)C)no1)N1CCOC(c2cnn(C)c2)C1.I. The van der Waals surface area contributed by atoms with Crippen LogP contribution in [0.4, 0.5) is 0 Å². The molecule has 8 nitrogen and oxygen atoms in total. The predicted molar refractivity (Wildman–Crippen MR) is 110 cm³/mol. The van der Waals surface area contributed by atoms with Gasteiger partial charge in [0.1, 0.15) is 6.10 Å². The molecule has 3 rings (SSSR count). The van der Waals surface area contributed by atoms with Gasteiger partial charge < -0.3 is 19.5 Å². The zero-order valence-corrected chi connectivity index (χ0v) is 18.0. The van der Waals surface area contributed by atoms with Crippen LogP contribution in [-0.2, 0) is 18.3 Å². The van der Waals surface area contributed by atoms with Crippen LogP contribution in [0, 0.1) is 0 Å². The van der Waals surface area contributed by atoms with E-state index in [0.29, 0.717) is 19.1 Å². The molecule has 1 saturated heterocycles. The number of ether oxygens (including phenoxy) is 1. The van der Waals surface area contributed by atoms with Crippen molar-refractivity contribution in [3.63, 3.8) is 0 Å². The van der Waals surface area contributed by atoms with Crippen LogP contribution >= 0.6 is 24.0 Å². The maximum absolute atomic E-state index is 5.89. The zero-order chi connectivity index (χ0) is 17.8. The van der Waals surface area contributed by atoms with Gasteiger partial charge in [-0.1, -0.05) is 19.0 Å². The van der Waals surface area contributed by atoms with Gasteiger partial charge in [-0.05, 0) is 5.92 Å². The van der Waals surface area contributed by atoms with Crippen LogP contribution < -0.4 is 5.32 Å². The van der Waals surface area contributed by atoms with Crippen molar-refractivity contribution >= 4 is 29.9 Å². The van der Waals surface area contributed by atoms with Gasteiger partial charge in [-0.3, -0.25) is 9.67 Å². The first-order chi connectivity index (χ1) is 12.1. The summed E-state index contributed by atoms with van der Waals surface area (Å²) in [6.45, 7) is 6.94. The number of rotatable bonds is 4. The zero-order valence-electron chi connectivity index (χ0n) is 15.7. The van der Waals surface area contributed by atoms with Gasteiger partial charge in [0.15, 0.2) is 11.7 Å². The monoisotopic (exact) mass is 474 g/mol. The lowest BCUT2D eigenvalue weighted by atomic mass is 10.1. The van der Waals surface area contributed by atoms with E-state index in [1.807, 2.05) is 25.5 Å². The van der Waals surface area contributed by atoms with E-state index in [1.54, 1.807) is 11.7 Å². The number of aliphatic imine (C=N–C) groups is 1. The third kappa shape index (κ3) is 4.97. The van der Waals surface area contributed by atoms with E-state index in [2.05, 4.69) is 39.3 Å². The third-order valence-electron chi connectivity index (χ3n) is 4.26. The van der Waals surface area contributed by atoms with Crippen molar-refractivity contribution in [2.24, 2.45) is 12.0 Å². The largest absolute Gasteiger partial charge is 0.370 e. The van der Waals surface area contributed by atoms with E-state index in [4.69, 9.17) is 9.26 Å². The van der Waals surface area contributed by atoms with Crippen LogP contribution in [0.2, 0.25) is 0 Å². The predicted octanol–water partition coefficient (Wildman–Crippen LogP) is 2.30. The highest BCUT2D eigenvalue weighted by molar-refractivity contribution is 14.0. The smallest absolute Gasteiger partial charge is 0.194 e. The molecule has 0 radical (unpaired) electrons. The van der Waals surface area contributed by atoms with Gasteiger partial charge in [-0.15, -0.1) is 24.0 Å². The summed E-state index contributed by atoms with van der Waals surface area (Å²) in [6.07, 6.45) is 3.84. The van der Waals surface area contributed by atoms with Gasteiger partial charge in [0, 0.05) is 38.5 Å². The Morgan fingerprint density at radius 2 is 2.27 bits per heavy atom. The summed E-state index contributed by atoms with van der Waals surface area (Å²) in [5.41, 5.74) is 2.05. The molecular weight excluding hydrogens is 447 g/mol. The average Bonchev–Trinajstić information content (AvgIpc) is 3.25. The lowest BCUT2D eigenvalue weighted by Gasteiger charge is -2.34. The molecule has 3 heterocycles. The fourth-order valence-electron chi connectivity index (χ4n) is 2.83. The quantitative estimate of drug-likeness (QED) is 0.416. The second kappa shape index (κ2) is 9.36. The molecule has 0 bridgehead atoms. The van der Waals surface area contributed by atoms with Crippen LogP contribution in [0.5, 0.6) is 0 Å². The van der Waals surface area contributed by atoms with Crippen LogP contribution in [0.15, 0.2) is 28.0 Å². The summed E-state index contributed by atoms with van der Waals surface area (Å²) in [6, 6.07) is 1.99. The highest BCUT2D eigenvalue weighted by Gasteiger charge is 2.25. The molecule has 1 fully saturated rings. The second-order valence-electron chi connectivity index (χ2n) is 6.53. The summed E-state index contributed by atoms with van der Waals surface area (Å²) in [4.78, 5) is 6.59. The average molecular weight is 474 g/mol. The van der Waals surface area contributed by atoms with Gasteiger partial charge in [-0.25, -0.2) is 0 Å². The molecule has 1 aliphatic rings. The van der Waals surface area contributed by atoms with E-state index >= 15 is 0 Å². The summed E-state index contributed by atoms with van der Waals surface area (Å²) in [7, 11) is 3.70. The second-order valence-corrected chi connectivity index (χ2v) is 6.53. The maximum Gasteiger partial charge on any atom is 0.194 e. The van der Waals surface area contributed by atoms with Gasteiger partial charge in [0.25, 0.3) is 0 Å². The summed E-state index contributed by atoms with van der Waals surface area (Å²) in [5, 5.41) is 11.7. The number of aromatic nitrogens is 3. The van der Waals surface area contributed by atoms with Crippen molar-refractivity contribution < 1.29 is 9.26 Å². The Morgan fingerprint density at radius 1 is 1.46 bits per heavy atom. The Bertz CT molecular complexity index is 726. The Balaban J connectivity index is 0.00000243. The van der Waals surface area contributed by atoms with Gasteiger partial charge in [0.05, 0.1) is 31.6 Å². The molecule has 2 aromatic heterocycles. The van der Waals surface area contributed by atoms with Gasteiger partial charge in [-0.2, -0.15) is 5.10 Å². The molecule has 1 unspecified atom stereocenters. The maximum atomic E-state index is 5.89. The van der Waals surface area contributed by atoms with E-state index in [0.717, 1.165) is 36.1 Å². The van der Waals surface area contributed by atoms with Crippen LogP contribution in [0.1, 0.15) is 42.9 Å². The molecule has 26 heavy (non-hydrogen) atoms. The summed E-state index contributed by atoms with van der Waals surface area (Å²) >= 11 is 0. The Labute approximate surface area is 171 Å². The fourth-order valence-corrected chi connectivity index (χ4v) is 2.83. The number of guanidine groups is 1. The van der Waals surface area contributed by atoms with E-state index in [1.165, 1.54) is 0 Å². The van der Waals surface area contributed by atoms with Crippen molar-refractivity contribution in [2.45, 2.75) is 32.4 Å². The van der Waals surface area contributed by atoms with Crippen molar-refractivity contribution in [1.82, 2.24) is 25.2 Å². The number of hydrogen-bond acceptors (Lipinski definition) is 5. The first kappa shape index (κ1) is 20.7. The number of aryl methyl sites for hydroxylation is 1. The number of nitrogens with one attached hydrogen (secondary N) is 1. The molecule has 1 aliphatic heterocycles. The van der Waals surface area contributed by atoms with Crippen molar-refractivity contribution in [3.05, 3.63) is 35.5 Å². The minimum absolute atomic E-state index is 0. The van der Waals surface area contributed by atoms with Crippen LogP contribution in [0.25, 0.3) is 0 Å². The molecular formula is C17H27IN6O2. The molecule has 0 aromatic carbocycles. The molecule has 0 aliphatic carbocycles. The fraction of sp³-hybridized carbons (Fsp3) is 0.588. The highest BCUT2D eigenvalue weighted by atomic mass is 127. The Morgan fingerprint density at radius 3 is 2.88 bits per heavy atom. The van der Waals surface area contributed by atoms with E-state index in [9.17, 15) is 0 Å². The standard InChI is InChI=1S/C17H26N6O2.HI/c1-12(2)15-7-14(25-21-15)9-19-17(18-3)23-5-6-24-16(11-23)13-8-20-22(4)10-13;/h7-8,10,12,16H,5-6,9,11H2,1-4H3,(H,18,19);1H. The molecule has 0 amide bonds. The summed E-state index contributed by atoms with van der Waals surface area (Å²) < 4.78 is 13.1. The number of halogens is 1. The van der Waals surface area contributed by atoms with Crippen LogP contribution in [-0.4, -0.2) is 52.5 Å². The first-order valence-electron chi connectivity index (χ1n) is 8.58. The lowest BCUT2D eigenvalue weighted by Crippen LogP contribution is -2.47.